The van der Waals surface area contributed by atoms with E-state index in [-0.39, 0.29) is 17.9 Å². The maximum absolute atomic E-state index is 12.9. The van der Waals surface area contributed by atoms with Gasteiger partial charge in [-0.1, -0.05) is 13.8 Å². The van der Waals surface area contributed by atoms with Crippen molar-refractivity contribution in [2.24, 2.45) is 5.41 Å². The molecule has 28 heavy (non-hydrogen) atoms. The lowest BCUT2D eigenvalue weighted by Crippen LogP contribution is -2.53. The van der Waals surface area contributed by atoms with Crippen LogP contribution in [-0.4, -0.2) is 36.8 Å². The molecule has 3 fully saturated rings. The van der Waals surface area contributed by atoms with Gasteiger partial charge in [-0.05, 0) is 38.5 Å². The zero-order valence-corrected chi connectivity index (χ0v) is 16.3. The van der Waals surface area contributed by atoms with Crippen molar-refractivity contribution in [2.45, 2.75) is 71.1 Å². The molecule has 9 nitrogen and oxygen atoms in total. The average Bonchev–Trinajstić information content (AvgIpc) is 3.16. The molecule has 1 saturated carbocycles. The van der Waals surface area contributed by atoms with E-state index in [9.17, 15) is 19.5 Å². The average molecular weight is 390 g/mol. The van der Waals surface area contributed by atoms with E-state index in [1.807, 2.05) is 13.8 Å². The Bertz CT molecular complexity index is 1020. The summed E-state index contributed by atoms with van der Waals surface area (Å²) in [5.41, 5.74) is -1.56. The van der Waals surface area contributed by atoms with Crippen LogP contribution in [-0.2, 0) is 28.2 Å². The van der Waals surface area contributed by atoms with E-state index < -0.39 is 17.0 Å². The Morgan fingerprint density at radius 2 is 1.79 bits per heavy atom. The largest absolute Gasteiger partial charge is 0.481 e. The first-order valence-electron chi connectivity index (χ1n) is 9.98. The highest BCUT2D eigenvalue weighted by Gasteiger charge is 2.55. The molecule has 5 rings (SSSR count). The maximum Gasteiger partial charge on any atom is 0.332 e. The number of fused-ring (bicyclic) bond motifs is 4. The summed E-state index contributed by atoms with van der Waals surface area (Å²) in [6.45, 7) is 4.86. The van der Waals surface area contributed by atoms with E-state index in [0.29, 0.717) is 62.2 Å². The summed E-state index contributed by atoms with van der Waals surface area (Å²) < 4.78 is 8.83. The van der Waals surface area contributed by atoms with Crippen LogP contribution < -0.4 is 11.2 Å². The van der Waals surface area contributed by atoms with Crippen LogP contribution in [0.5, 0.6) is 0 Å². The molecule has 2 aromatic rings. The minimum Gasteiger partial charge on any atom is -0.481 e. The van der Waals surface area contributed by atoms with Gasteiger partial charge in [0, 0.05) is 13.1 Å². The summed E-state index contributed by atoms with van der Waals surface area (Å²) in [6.07, 6.45) is 3.51. The van der Waals surface area contributed by atoms with Gasteiger partial charge >= 0.3 is 11.7 Å². The molecule has 0 atom stereocenters. The lowest BCUT2D eigenvalue weighted by atomic mass is 9.66. The van der Waals surface area contributed by atoms with Gasteiger partial charge in [0.25, 0.3) is 5.56 Å². The number of hydrogen-bond donors (Lipinski definition) is 2. The summed E-state index contributed by atoms with van der Waals surface area (Å²) >= 11 is 0. The Morgan fingerprint density at radius 3 is 2.32 bits per heavy atom. The molecule has 2 aliphatic heterocycles. The van der Waals surface area contributed by atoms with Crippen LogP contribution in [0.4, 0.5) is 0 Å². The standard InChI is InChI=1S/C19H26N4O5/c1-3-9-22-13-12(14(24)23(10-4-2)17(22)27)20-15(21-13)19-7-5-18(6-8-19,11-28-19)16(25)26/h3-11H2,1-2H3,(H,20,21)(H,25,26). The van der Waals surface area contributed by atoms with Crippen molar-refractivity contribution in [3.8, 4) is 0 Å². The molecule has 2 N–H and O–H groups in total. The molecule has 0 spiro atoms. The molecule has 0 unspecified atom stereocenters. The Labute approximate surface area is 161 Å². The number of imidazole rings is 1. The molecule has 152 valence electrons. The Morgan fingerprint density at radius 1 is 1.14 bits per heavy atom. The smallest absolute Gasteiger partial charge is 0.332 e. The van der Waals surface area contributed by atoms with Crippen LogP contribution in [0.1, 0.15) is 58.2 Å². The number of rotatable bonds is 6. The number of nitrogens with one attached hydrogen (secondary N) is 1. The zero-order valence-electron chi connectivity index (χ0n) is 16.3. The Balaban J connectivity index is 1.84. The highest BCUT2D eigenvalue weighted by atomic mass is 16.5. The maximum atomic E-state index is 12.9. The molecule has 4 heterocycles. The fourth-order valence-corrected chi connectivity index (χ4v) is 4.51. The molecular formula is C19H26N4O5. The van der Waals surface area contributed by atoms with Gasteiger partial charge in [0.1, 0.15) is 16.9 Å². The van der Waals surface area contributed by atoms with Crippen molar-refractivity contribution < 1.29 is 14.6 Å². The van der Waals surface area contributed by atoms with Gasteiger partial charge in [-0.2, -0.15) is 0 Å². The molecule has 2 aromatic heterocycles. The summed E-state index contributed by atoms with van der Waals surface area (Å²) in [6, 6.07) is 0. The molecule has 3 aliphatic rings. The van der Waals surface area contributed by atoms with Crippen LogP contribution in [0, 0.1) is 5.41 Å². The van der Waals surface area contributed by atoms with Crippen LogP contribution in [0.25, 0.3) is 11.2 Å². The second-order valence-corrected chi connectivity index (χ2v) is 8.04. The van der Waals surface area contributed by atoms with E-state index in [1.165, 1.54) is 4.57 Å². The predicted molar refractivity (Wildman–Crippen MR) is 101 cm³/mol. The number of carboxylic acid groups (broad SMARTS) is 1. The molecule has 0 aromatic carbocycles. The number of ether oxygens (including phenoxy) is 1. The van der Waals surface area contributed by atoms with Crippen molar-refractivity contribution in [3.05, 3.63) is 26.7 Å². The SMILES string of the molecule is CCCn1c(=O)c2[nH]c(C34CCC(C(=O)O)(CC3)CO4)nc2n(CCC)c1=O. The van der Waals surface area contributed by atoms with Gasteiger partial charge in [-0.25, -0.2) is 9.78 Å². The van der Waals surface area contributed by atoms with Crippen LogP contribution in [0.15, 0.2) is 9.59 Å². The number of aliphatic carboxylic acids is 1. The third-order valence-electron chi connectivity index (χ3n) is 6.28. The van der Waals surface area contributed by atoms with Gasteiger partial charge in [-0.3, -0.25) is 18.7 Å². The summed E-state index contributed by atoms with van der Waals surface area (Å²) in [7, 11) is 0. The van der Waals surface area contributed by atoms with Gasteiger partial charge in [0.2, 0.25) is 0 Å². The highest BCUT2D eigenvalue weighted by Crippen LogP contribution is 2.53. The lowest BCUT2D eigenvalue weighted by molar-refractivity contribution is -0.207. The molecule has 0 radical (unpaired) electrons. The fraction of sp³-hybridized carbons (Fsp3) is 0.684. The first kappa shape index (κ1) is 18.9. The lowest BCUT2D eigenvalue weighted by Gasteiger charge is -2.49. The van der Waals surface area contributed by atoms with E-state index in [2.05, 4.69) is 9.97 Å². The first-order valence-corrected chi connectivity index (χ1v) is 9.98. The number of carboxylic acids is 1. The van der Waals surface area contributed by atoms with Crippen molar-refractivity contribution >= 4 is 17.1 Å². The third kappa shape index (κ3) is 2.56. The normalized spacial score (nSPS) is 26.8. The van der Waals surface area contributed by atoms with E-state index in [0.717, 1.165) is 6.42 Å². The number of nitrogens with zero attached hydrogens (tertiary/aromatic N) is 3. The van der Waals surface area contributed by atoms with Crippen molar-refractivity contribution in [1.82, 2.24) is 19.1 Å². The molecule has 1 aliphatic carbocycles. The molecule has 2 bridgehead atoms. The minimum atomic E-state index is -0.815. The first-order chi connectivity index (χ1) is 13.4. The van der Waals surface area contributed by atoms with E-state index in [4.69, 9.17) is 4.74 Å². The number of hydrogen-bond acceptors (Lipinski definition) is 5. The third-order valence-corrected chi connectivity index (χ3v) is 6.28. The molecule has 0 amide bonds. The van der Waals surface area contributed by atoms with Crippen LogP contribution in [0.3, 0.4) is 0 Å². The second kappa shape index (κ2) is 6.58. The summed E-state index contributed by atoms with van der Waals surface area (Å²) in [4.78, 5) is 45.1. The van der Waals surface area contributed by atoms with Gasteiger partial charge < -0.3 is 14.8 Å². The number of carbonyl (C=O) groups is 1. The Kier molecular flexibility index (Phi) is 4.45. The van der Waals surface area contributed by atoms with Crippen LogP contribution in [0.2, 0.25) is 0 Å². The van der Waals surface area contributed by atoms with Gasteiger partial charge in [-0.15, -0.1) is 0 Å². The van der Waals surface area contributed by atoms with E-state index in [1.54, 1.807) is 4.57 Å². The Hall–Kier alpha value is -2.42. The summed E-state index contributed by atoms with van der Waals surface area (Å²) in [5.74, 6) is -0.290. The van der Waals surface area contributed by atoms with Crippen molar-refractivity contribution in [1.29, 1.82) is 0 Å². The van der Waals surface area contributed by atoms with E-state index >= 15 is 0 Å². The zero-order chi connectivity index (χ0) is 20.1. The topological polar surface area (TPSA) is 119 Å². The molecule has 2 saturated heterocycles. The number of aromatic amines is 1. The van der Waals surface area contributed by atoms with Crippen molar-refractivity contribution in [2.75, 3.05) is 6.61 Å². The monoisotopic (exact) mass is 390 g/mol. The number of H-pyrrole nitrogens is 1. The molecular weight excluding hydrogens is 364 g/mol. The fourth-order valence-electron chi connectivity index (χ4n) is 4.51. The quantitative estimate of drug-likeness (QED) is 0.773. The van der Waals surface area contributed by atoms with Crippen LogP contribution >= 0.6 is 0 Å². The number of aryl methyl sites for hydroxylation is 1. The van der Waals surface area contributed by atoms with Crippen molar-refractivity contribution in [3.63, 3.8) is 0 Å². The predicted octanol–water partition coefficient (Wildman–Crippen LogP) is 1.58. The minimum absolute atomic E-state index is 0.140. The van der Waals surface area contributed by atoms with Gasteiger partial charge in [0.15, 0.2) is 5.65 Å². The van der Waals surface area contributed by atoms with Gasteiger partial charge in [0.05, 0.1) is 12.0 Å². The molecule has 9 heteroatoms. The second-order valence-electron chi connectivity index (χ2n) is 8.04. The summed E-state index contributed by atoms with van der Waals surface area (Å²) in [5, 5.41) is 9.54. The highest BCUT2D eigenvalue weighted by molar-refractivity contribution is 5.75. The number of aromatic nitrogens is 4.